The van der Waals surface area contributed by atoms with Crippen molar-refractivity contribution in [1.29, 1.82) is 0 Å². The van der Waals surface area contributed by atoms with Gasteiger partial charge in [0.15, 0.2) is 0 Å². The average molecular weight is 338 g/mol. The fourth-order valence-electron chi connectivity index (χ4n) is 2.61. The lowest BCUT2D eigenvalue weighted by Gasteiger charge is -2.27. The highest BCUT2D eigenvalue weighted by Crippen LogP contribution is 2.32. The Bertz CT molecular complexity index is 585. The van der Waals surface area contributed by atoms with Crippen molar-refractivity contribution in [2.45, 2.75) is 19.8 Å². The Kier molecular flexibility index (Phi) is 7.16. The van der Waals surface area contributed by atoms with Crippen LogP contribution >= 0.6 is 0 Å². The molecule has 8 nitrogen and oxygen atoms in total. The number of amides is 1. The summed E-state index contributed by atoms with van der Waals surface area (Å²) >= 11 is 0. The van der Waals surface area contributed by atoms with Crippen LogP contribution in [0.2, 0.25) is 0 Å². The number of phenols is 1. The molecule has 2 N–H and O–H groups in total. The van der Waals surface area contributed by atoms with Crippen molar-refractivity contribution >= 4 is 11.9 Å². The molecule has 0 bridgehead atoms. The summed E-state index contributed by atoms with van der Waals surface area (Å²) in [5.74, 6) is -2.59. The van der Waals surface area contributed by atoms with Crippen molar-refractivity contribution in [3.8, 4) is 5.75 Å². The zero-order chi connectivity index (χ0) is 18.3. The first-order valence-corrected chi connectivity index (χ1v) is 7.51. The first kappa shape index (κ1) is 19.4. The Morgan fingerprint density at radius 3 is 2.33 bits per heavy atom. The number of carbonyl (C=O) groups is 2. The van der Waals surface area contributed by atoms with Crippen molar-refractivity contribution in [2.24, 2.45) is 11.8 Å². The number of methoxy groups -OCH3 is 1. The van der Waals surface area contributed by atoms with Gasteiger partial charge in [0.05, 0.1) is 18.9 Å². The molecular formula is C16H22N2O6. The molecule has 0 heterocycles. The van der Waals surface area contributed by atoms with Crippen molar-refractivity contribution in [1.82, 2.24) is 5.32 Å². The Morgan fingerprint density at radius 2 is 1.88 bits per heavy atom. The van der Waals surface area contributed by atoms with Gasteiger partial charge in [-0.15, -0.1) is 0 Å². The molecule has 1 aromatic rings. The normalized spacial score (nSPS) is 13.2. The molecule has 0 aliphatic rings. The molecule has 0 saturated heterocycles. The van der Waals surface area contributed by atoms with Crippen LogP contribution in [-0.4, -0.2) is 42.1 Å². The fraction of sp³-hybridized carbons (Fsp3) is 0.500. The van der Waals surface area contributed by atoms with Gasteiger partial charge in [-0.2, -0.15) is 0 Å². The standard InChI is InChI=1S/C16H22N2O6/c1-10(2)15(16(21)17-8-14(20)24-3)13(9-18(22)23)11-4-6-12(19)7-5-11/h4-7,10,13,15,19H,8-9H2,1-3H3,(H,17,21). The lowest BCUT2D eigenvalue weighted by molar-refractivity contribution is -0.484. The third kappa shape index (κ3) is 5.53. The van der Waals surface area contributed by atoms with Gasteiger partial charge in [-0.25, -0.2) is 0 Å². The van der Waals surface area contributed by atoms with Crippen molar-refractivity contribution in [2.75, 3.05) is 20.2 Å². The van der Waals surface area contributed by atoms with E-state index in [9.17, 15) is 24.8 Å². The maximum absolute atomic E-state index is 12.5. The number of hydrogen-bond donors (Lipinski definition) is 2. The van der Waals surface area contributed by atoms with Gasteiger partial charge in [-0.3, -0.25) is 19.7 Å². The van der Waals surface area contributed by atoms with Gasteiger partial charge in [0.2, 0.25) is 12.5 Å². The smallest absolute Gasteiger partial charge is 0.325 e. The predicted octanol–water partition coefficient (Wildman–Crippen LogP) is 1.31. The second kappa shape index (κ2) is 8.85. The highest BCUT2D eigenvalue weighted by molar-refractivity contribution is 5.84. The summed E-state index contributed by atoms with van der Waals surface area (Å²) in [7, 11) is 1.21. The van der Waals surface area contributed by atoms with Crippen LogP contribution in [0.1, 0.15) is 25.3 Å². The van der Waals surface area contributed by atoms with E-state index < -0.39 is 35.2 Å². The quantitative estimate of drug-likeness (QED) is 0.419. The van der Waals surface area contributed by atoms with Crippen LogP contribution in [0.3, 0.4) is 0 Å². The van der Waals surface area contributed by atoms with Gasteiger partial charge in [0.1, 0.15) is 12.3 Å². The van der Waals surface area contributed by atoms with E-state index in [1.165, 1.54) is 19.2 Å². The Morgan fingerprint density at radius 1 is 1.29 bits per heavy atom. The number of carbonyl (C=O) groups excluding carboxylic acids is 2. The molecule has 0 spiro atoms. The highest BCUT2D eigenvalue weighted by Gasteiger charge is 2.35. The lowest BCUT2D eigenvalue weighted by atomic mass is 9.78. The van der Waals surface area contributed by atoms with Gasteiger partial charge < -0.3 is 15.2 Å². The highest BCUT2D eigenvalue weighted by atomic mass is 16.6. The maximum atomic E-state index is 12.5. The minimum absolute atomic E-state index is 0.0369. The second-order valence-electron chi connectivity index (χ2n) is 5.78. The first-order valence-electron chi connectivity index (χ1n) is 7.51. The monoisotopic (exact) mass is 338 g/mol. The molecular weight excluding hydrogens is 316 g/mol. The molecule has 0 fully saturated rings. The SMILES string of the molecule is COC(=O)CNC(=O)C(C(C)C)C(C[N+](=O)[O-])c1ccc(O)cc1. The van der Waals surface area contributed by atoms with Crippen LogP contribution in [0.5, 0.6) is 5.75 Å². The van der Waals surface area contributed by atoms with Crippen molar-refractivity contribution < 1.29 is 24.4 Å². The number of hydrogen-bond acceptors (Lipinski definition) is 6. The summed E-state index contributed by atoms with van der Waals surface area (Å²) in [6.45, 7) is 2.85. The molecule has 0 radical (unpaired) electrons. The molecule has 0 aliphatic carbocycles. The first-order chi connectivity index (χ1) is 11.3. The number of nitrogens with zero attached hydrogens (tertiary/aromatic N) is 1. The van der Waals surface area contributed by atoms with Gasteiger partial charge in [0, 0.05) is 4.92 Å². The van der Waals surface area contributed by atoms with Gasteiger partial charge >= 0.3 is 5.97 Å². The van der Waals surface area contributed by atoms with E-state index >= 15 is 0 Å². The minimum Gasteiger partial charge on any atom is -0.508 e. The van der Waals surface area contributed by atoms with E-state index in [4.69, 9.17) is 0 Å². The molecule has 2 unspecified atom stereocenters. The van der Waals surface area contributed by atoms with E-state index in [0.717, 1.165) is 0 Å². The molecule has 2 atom stereocenters. The molecule has 8 heteroatoms. The Labute approximate surface area is 140 Å². The number of rotatable bonds is 8. The van der Waals surface area contributed by atoms with Crippen LogP contribution in [0.4, 0.5) is 0 Å². The maximum Gasteiger partial charge on any atom is 0.325 e. The van der Waals surface area contributed by atoms with E-state index in [-0.39, 0.29) is 18.2 Å². The Balaban J connectivity index is 3.08. The van der Waals surface area contributed by atoms with E-state index in [1.54, 1.807) is 26.0 Å². The van der Waals surface area contributed by atoms with Crippen molar-refractivity contribution in [3.63, 3.8) is 0 Å². The summed E-state index contributed by atoms with van der Waals surface area (Å²) < 4.78 is 4.47. The van der Waals surface area contributed by atoms with Crippen molar-refractivity contribution in [3.05, 3.63) is 39.9 Å². The number of nitro groups is 1. The summed E-state index contributed by atoms with van der Waals surface area (Å²) in [6.07, 6.45) is 0. The molecule has 0 aromatic heterocycles. The third-order valence-electron chi connectivity index (χ3n) is 3.76. The van der Waals surface area contributed by atoms with Crippen LogP contribution in [0.25, 0.3) is 0 Å². The van der Waals surface area contributed by atoms with Crippen LogP contribution < -0.4 is 5.32 Å². The number of benzene rings is 1. The number of esters is 1. The second-order valence-corrected chi connectivity index (χ2v) is 5.78. The number of ether oxygens (including phenoxy) is 1. The molecule has 1 rings (SSSR count). The molecule has 0 saturated carbocycles. The summed E-state index contributed by atoms with van der Waals surface area (Å²) in [6, 6.07) is 5.97. The average Bonchev–Trinajstić information content (AvgIpc) is 2.52. The Hall–Kier alpha value is -2.64. The summed E-state index contributed by atoms with van der Waals surface area (Å²) in [4.78, 5) is 34.3. The van der Waals surface area contributed by atoms with Gasteiger partial charge in [-0.1, -0.05) is 26.0 Å². The summed E-state index contributed by atoms with van der Waals surface area (Å²) in [5.41, 5.74) is 0.580. The molecule has 24 heavy (non-hydrogen) atoms. The zero-order valence-electron chi connectivity index (χ0n) is 13.9. The largest absolute Gasteiger partial charge is 0.508 e. The third-order valence-corrected chi connectivity index (χ3v) is 3.76. The number of aromatic hydroxyl groups is 1. The zero-order valence-corrected chi connectivity index (χ0v) is 13.9. The molecule has 1 aromatic carbocycles. The molecule has 1 amide bonds. The van der Waals surface area contributed by atoms with Gasteiger partial charge in [0.25, 0.3) is 0 Å². The fourth-order valence-corrected chi connectivity index (χ4v) is 2.61. The summed E-state index contributed by atoms with van der Waals surface area (Å²) in [5, 5.41) is 22.9. The van der Waals surface area contributed by atoms with Crippen LogP contribution in [0.15, 0.2) is 24.3 Å². The molecule has 0 aliphatic heterocycles. The van der Waals surface area contributed by atoms with Crippen LogP contribution in [0, 0.1) is 22.0 Å². The minimum atomic E-state index is -0.704. The predicted molar refractivity (Wildman–Crippen MR) is 86.1 cm³/mol. The van der Waals surface area contributed by atoms with Crippen LogP contribution in [-0.2, 0) is 14.3 Å². The number of nitrogens with one attached hydrogen (secondary N) is 1. The topological polar surface area (TPSA) is 119 Å². The molecule has 132 valence electrons. The lowest BCUT2D eigenvalue weighted by Crippen LogP contribution is -2.41. The van der Waals surface area contributed by atoms with Gasteiger partial charge in [-0.05, 0) is 23.6 Å². The number of phenolic OH excluding ortho intramolecular Hbond substituents is 1. The van der Waals surface area contributed by atoms with E-state index in [2.05, 4.69) is 10.1 Å². The van der Waals surface area contributed by atoms with E-state index in [1.807, 2.05) is 0 Å². The van der Waals surface area contributed by atoms with E-state index in [0.29, 0.717) is 5.56 Å².